The molecule has 0 fully saturated rings. The molecule has 0 aliphatic carbocycles. The molecule has 0 saturated heterocycles. The lowest BCUT2D eigenvalue weighted by Crippen LogP contribution is -2.37. The van der Waals surface area contributed by atoms with Crippen molar-refractivity contribution in [3.8, 4) is 11.5 Å². The van der Waals surface area contributed by atoms with E-state index in [0.29, 0.717) is 120 Å². The summed E-state index contributed by atoms with van der Waals surface area (Å²) >= 11 is 3.25. The Morgan fingerprint density at radius 2 is 0.806 bits per heavy atom. The number of benzene rings is 2. The van der Waals surface area contributed by atoms with Crippen LogP contribution in [0.2, 0.25) is 0 Å². The van der Waals surface area contributed by atoms with Gasteiger partial charge in [0.15, 0.2) is 0 Å². The van der Waals surface area contributed by atoms with Crippen LogP contribution in [0.5, 0.6) is 11.5 Å². The maximum Gasteiger partial charge on any atom is 0.330 e. The third-order valence-electron chi connectivity index (χ3n) is 14.5. The molecule has 2 aromatic carbocycles. The van der Waals surface area contributed by atoms with E-state index in [4.69, 9.17) is 66.7 Å². The Kier molecular flexibility index (Phi) is 58.0. The smallest absolute Gasteiger partial charge is 0.330 e. The first-order chi connectivity index (χ1) is 47.2. The van der Waals surface area contributed by atoms with Gasteiger partial charge >= 0.3 is 5.97 Å². The number of hydrogen-bond donors (Lipinski definition) is 7. The van der Waals surface area contributed by atoms with E-state index in [-0.39, 0.29) is 102 Å². The zero-order valence-corrected chi connectivity index (χ0v) is 61.2. The van der Waals surface area contributed by atoms with E-state index in [1.807, 2.05) is 38.1 Å². The molecule has 0 spiro atoms. The summed E-state index contributed by atoms with van der Waals surface area (Å²) in [6.07, 6.45) is 5.97. The number of carbonyl (C=O) groups is 3. The van der Waals surface area contributed by atoms with E-state index in [9.17, 15) is 45.0 Å². The van der Waals surface area contributed by atoms with Crippen LogP contribution in [-0.4, -0.2) is 270 Å². The zero-order chi connectivity index (χ0) is 72.4. The standard InChI is InChI=1S/C38H62O12S.C35H60O11S/c1-6-15-44-23-34(24-45-16-13-29(3)4)48-27-36(28-50-38(43)7-2)49-26-35(47-22-33(41)21-39)25-46-17-19-51-18-14-32(40)10-8-9-31-12-11-30(5)37(42)20-31;1-5-13-41-22-33(23-42-14-11-27(2)3)46-25-32(20-37)45-26-34(44-21-31(39)19-36)24-43-15-17-47-16-12-30(38)8-6-7-29-10-9-28(4)35(40)18-29/h6-7,11-12,20,29,33-36,39,41-42H,1-2,8-10,13-19,21-28H2,3-5H3;5,9-10,18,27,31-34,36-37,39-40H,1,6-8,11-17,19-26H2,2-4H3. The second-order valence-electron chi connectivity index (χ2n) is 24.5. The minimum absolute atomic E-state index is 0.0319. The van der Waals surface area contributed by atoms with E-state index < -0.39 is 61.9 Å². The lowest BCUT2D eigenvalue weighted by atomic mass is 10.0. The van der Waals surface area contributed by atoms with Gasteiger partial charge in [0, 0.05) is 68.0 Å². The van der Waals surface area contributed by atoms with Crippen molar-refractivity contribution in [2.24, 2.45) is 11.8 Å². The van der Waals surface area contributed by atoms with Crippen LogP contribution < -0.4 is 0 Å². The number of ether oxygens (including phenoxy) is 13. The Balaban J connectivity index is 0.000000983. The summed E-state index contributed by atoms with van der Waals surface area (Å²) in [7, 11) is 0. The molecule has 0 aromatic heterocycles. The first kappa shape index (κ1) is 92.1. The van der Waals surface area contributed by atoms with Crippen LogP contribution in [0.15, 0.2) is 74.4 Å². The number of aromatic hydroxyl groups is 2. The van der Waals surface area contributed by atoms with Gasteiger partial charge in [0.2, 0.25) is 0 Å². The van der Waals surface area contributed by atoms with Crippen LogP contribution in [0.25, 0.3) is 0 Å². The van der Waals surface area contributed by atoms with Crippen LogP contribution in [0.4, 0.5) is 0 Å². The van der Waals surface area contributed by atoms with Crippen molar-refractivity contribution in [2.45, 2.75) is 155 Å². The van der Waals surface area contributed by atoms with Gasteiger partial charge in [0.1, 0.15) is 78.5 Å². The fourth-order valence-corrected chi connectivity index (χ4v) is 10.0. The maximum atomic E-state index is 12.3. The van der Waals surface area contributed by atoms with Crippen molar-refractivity contribution in [1.29, 1.82) is 0 Å². The molecule has 0 aliphatic heterocycles. The van der Waals surface area contributed by atoms with Crippen LogP contribution in [0, 0.1) is 25.7 Å². The van der Waals surface area contributed by atoms with Crippen molar-refractivity contribution in [1.82, 2.24) is 0 Å². The molecule has 0 amide bonds. The van der Waals surface area contributed by atoms with Crippen LogP contribution in [-0.2, 0) is 88.8 Å². The monoisotopic (exact) mass is 1430 g/mol. The Bertz CT molecular complexity index is 2330. The van der Waals surface area contributed by atoms with Crippen LogP contribution in [0.1, 0.15) is 101 Å². The summed E-state index contributed by atoms with van der Waals surface area (Å²) in [5.74, 6) is 4.20. The number of aliphatic hydroxyl groups is 5. The van der Waals surface area contributed by atoms with E-state index in [1.165, 1.54) is 0 Å². The maximum absolute atomic E-state index is 12.3. The number of thioether (sulfide) groups is 2. The van der Waals surface area contributed by atoms with Gasteiger partial charge in [-0.15, -0.1) is 13.2 Å². The first-order valence-electron chi connectivity index (χ1n) is 34.4. The van der Waals surface area contributed by atoms with Gasteiger partial charge in [-0.2, -0.15) is 23.5 Å². The molecule has 2 aromatic rings. The lowest BCUT2D eigenvalue weighted by molar-refractivity contribution is -0.153. The van der Waals surface area contributed by atoms with Gasteiger partial charge in [-0.05, 0) is 98.6 Å². The molecule has 2 rings (SSSR count). The summed E-state index contributed by atoms with van der Waals surface area (Å²) in [4.78, 5) is 36.4. The molecule has 564 valence electrons. The summed E-state index contributed by atoms with van der Waals surface area (Å²) < 4.78 is 75.0. The highest BCUT2D eigenvalue weighted by atomic mass is 32.2. The molecule has 0 saturated carbocycles. The van der Waals surface area contributed by atoms with Crippen LogP contribution in [0.3, 0.4) is 0 Å². The number of ketones is 2. The molecular weight excluding hydrogens is 1310 g/mol. The molecule has 25 heteroatoms. The number of phenolic OH excluding ortho intramolecular Hbond substituents is 2. The molecular formula is C73H122O23S2. The molecule has 0 aliphatic rings. The number of esters is 1. The Morgan fingerprint density at radius 3 is 1.17 bits per heavy atom. The van der Waals surface area contributed by atoms with E-state index in [1.54, 1.807) is 47.8 Å². The molecule has 0 radical (unpaired) electrons. The average Bonchev–Trinajstić information content (AvgIpc) is 1.06. The molecule has 0 heterocycles. The molecule has 8 unspecified atom stereocenters. The predicted octanol–water partition coefficient (Wildman–Crippen LogP) is 7.73. The number of hydrogen-bond acceptors (Lipinski definition) is 25. The summed E-state index contributed by atoms with van der Waals surface area (Å²) in [5.41, 5.74) is 3.73. The summed E-state index contributed by atoms with van der Waals surface area (Å²) in [6.45, 7) is 26.2. The van der Waals surface area contributed by atoms with Gasteiger partial charge in [-0.25, -0.2) is 4.79 Å². The highest BCUT2D eigenvalue weighted by Crippen LogP contribution is 2.21. The highest BCUT2D eigenvalue weighted by molar-refractivity contribution is 7.99. The van der Waals surface area contributed by atoms with Crippen molar-refractivity contribution in [3.05, 3.63) is 96.6 Å². The highest BCUT2D eigenvalue weighted by Gasteiger charge is 2.23. The number of Topliss-reactive ketones (excluding diaryl/α,β-unsaturated/α-hetero) is 2. The molecule has 8 atom stereocenters. The second kappa shape index (κ2) is 61.7. The Morgan fingerprint density at radius 1 is 0.449 bits per heavy atom. The van der Waals surface area contributed by atoms with Gasteiger partial charge in [0.05, 0.1) is 126 Å². The zero-order valence-electron chi connectivity index (χ0n) is 59.5. The average molecular weight is 1430 g/mol. The molecule has 98 heavy (non-hydrogen) atoms. The van der Waals surface area contributed by atoms with E-state index >= 15 is 0 Å². The van der Waals surface area contributed by atoms with Crippen molar-refractivity contribution >= 4 is 41.1 Å². The van der Waals surface area contributed by atoms with Crippen molar-refractivity contribution in [2.75, 3.05) is 168 Å². The fourth-order valence-electron chi connectivity index (χ4n) is 8.41. The molecule has 0 bridgehead atoms. The Hall–Kier alpha value is -3.91. The fraction of sp³-hybridized carbons (Fsp3) is 0.712. The SMILES string of the molecule is C=CCOCC(COCCC(C)C)OCC(CO)OCC(COCCSCCC(=O)CCCc1ccc(C)c(O)c1)OCC(O)CO.C=CCOCC(COCCC(C)C)OCC(COC(=O)C=C)OCC(COCCSCCC(=O)CCCc1ccc(C)c(O)c1)OCC(O)CO. The van der Waals surface area contributed by atoms with Gasteiger partial charge in [0.25, 0.3) is 0 Å². The second-order valence-corrected chi connectivity index (χ2v) is 26.9. The largest absolute Gasteiger partial charge is 0.508 e. The minimum atomic E-state index is -1.07. The number of carbonyl (C=O) groups excluding carboxylic acids is 3. The van der Waals surface area contributed by atoms with Gasteiger partial charge in [-0.3, -0.25) is 9.59 Å². The van der Waals surface area contributed by atoms with E-state index in [0.717, 1.165) is 66.9 Å². The van der Waals surface area contributed by atoms with E-state index in [2.05, 4.69) is 47.4 Å². The first-order valence-corrected chi connectivity index (χ1v) is 36.7. The molecule has 23 nitrogen and oxygen atoms in total. The topological polar surface area (TPSA) is 313 Å². The Labute approximate surface area is 592 Å². The summed E-state index contributed by atoms with van der Waals surface area (Å²) in [6, 6.07) is 11.2. The summed E-state index contributed by atoms with van der Waals surface area (Å²) in [5, 5.41) is 67.6. The quantitative estimate of drug-likeness (QED) is 0.0144. The molecule has 7 N–H and O–H groups in total. The third kappa shape index (κ3) is 52.1. The third-order valence-corrected chi connectivity index (χ3v) is 16.4. The predicted molar refractivity (Wildman–Crippen MR) is 383 cm³/mol. The number of aliphatic hydroxyl groups excluding tert-OH is 5. The van der Waals surface area contributed by atoms with Gasteiger partial charge in [-0.1, -0.05) is 70.7 Å². The van der Waals surface area contributed by atoms with Crippen molar-refractivity contribution in [3.63, 3.8) is 0 Å². The van der Waals surface area contributed by atoms with Crippen LogP contribution >= 0.6 is 23.5 Å². The lowest BCUT2D eigenvalue weighted by Gasteiger charge is -2.25. The number of phenols is 2. The normalized spacial score (nSPS) is 14.1. The minimum Gasteiger partial charge on any atom is -0.508 e. The van der Waals surface area contributed by atoms with Gasteiger partial charge < -0.3 is 97.3 Å². The number of aryl methyl sites for hydroxylation is 4. The number of rotatable bonds is 66. The van der Waals surface area contributed by atoms with Crippen molar-refractivity contribution < 1.29 is 112 Å².